The number of aromatic nitrogens is 4. The number of carboxylic acids is 1. The molecule has 138 valence electrons. The Labute approximate surface area is 155 Å². The van der Waals surface area contributed by atoms with E-state index in [9.17, 15) is 23.9 Å². The number of carbonyl (C=O) groups excluding carboxylic acids is 1. The predicted octanol–water partition coefficient (Wildman–Crippen LogP) is 1.23. The van der Waals surface area contributed by atoms with Gasteiger partial charge >= 0.3 is 11.7 Å². The predicted molar refractivity (Wildman–Crippen MR) is 91.2 cm³/mol. The van der Waals surface area contributed by atoms with E-state index in [0.717, 1.165) is 6.07 Å². The number of tetrazole rings is 1. The van der Waals surface area contributed by atoms with Crippen LogP contribution in [0.15, 0.2) is 53.3 Å². The van der Waals surface area contributed by atoms with E-state index in [1.54, 1.807) is 18.2 Å². The number of hydrogen-bond donors (Lipinski definition) is 2. The van der Waals surface area contributed by atoms with Crippen molar-refractivity contribution in [2.24, 2.45) is 0 Å². The molecule has 0 aliphatic carbocycles. The Bertz CT molecular complexity index is 1070. The summed E-state index contributed by atoms with van der Waals surface area (Å²) in [5, 5.41) is 18.6. The van der Waals surface area contributed by atoms with Gasteiger partial charge in [0.1, 0.15) is 5.69 Å². The highest BCUT2D eigenvalue weighted by atomic mass is 35.5. The lowest BCUT2D eigenvalue weighted by Gasteiger charge is -2.13. The zero-order valence-electron chi connectivity index (χ0n) is 13.4. The standard InChI is InChI=1S/C16H11ClFN5O4/c17-10-6-7-12(11(18)8-10)22-16(27)23(21-20-22)13(15(25)26)19-14(24)9-4-2-1-3-5-9/h1-8,13H,(H,19,24)(H,25,26). The van der Waals surface area contributed by atoms with Crippen molar-refractivity contribution in [3.05, 3.63) is 75.4 Å². The molecular formula is C16H11ClFN5O4. The zero-order chi connectivity index (χ0) is 19.6. The van der Waals surface area contributed by atoms with Crippen molar-refractivity contribution in [1.82, 2.24) is 25.1 Å². The first-order valence-corrected chi connectivity index (χ1v) is 7.85. The smallest absolute Gasteiger partial charge is 0.371 e. The summed E-state index contributed by atoms with van der Waals surface area (Å²) in [6.45, 7) is 0. The largest absolute Gasteiger partial charge is 0.478 e. The maximum Gasteiger partial charge on any atom is 0.371 e. The van der Waals surface area contributed by atoms with Gasteiger partial charge in [0.2, 0.25) is 6.17 Å². The molecule has 3 aromatic rings. The number of halogens is 2. The van der Waals surface area contributed by atoms with Crippen LogP contribution in [0.3, 0.4) is 0 Å². The molecule has 27 heavy (non-hydrogen) atoms. The van der Waals surface area contributed by atoms with Gasteiger partial charge in [-0.25, -0.2) is 14.0 Å². The highest BCUT2D eigenvalue weighted by molar-refractivity contribution is 6.30. The van der Waals surface area contributed by atoms with Crippen molar-refractivity contribution >= 4 is 23.5 Å². The maximum atomic E-state index is 14.0. The summed E-state index contributed by atoms with van der Waals surface area (Å²) in [6, 6.07) is 11.3. The van der Waals surface area contributed by atoms with Gasteiger partial charge in [0, 0.05) is 10.6 Å². The summed E-state index contributed by atoms with van der Waals surface area (Å²) in [5.41, 5.74) is -1.14. The van der Waals surface area contributed by atoms with E-state index in [1.807, 2.05) is 0 Å². The molecule has 2 aromatic carbocycles. The Hall–Kier alpha value is -3.53. The van der Waals surface area contributed by atoms with Gasteiger partial charge in [0.25, 0.3) is 5.91 Å². The first kappa shape index (κ1) is 18.3. The van der Waals surface area contributed by atoms with Crippen molar-refractivity contribution in [2.45, 2.75) is 6.17 Å². The van der Waals surface area contributed by atoms with Crippen LogP contribution >= 0.6 is 11.6 Å². The molecule has 0 saturated heterocycles. The number of aliphatic carboxylic acids is 1. The van der Waals surface area contributed by atoms with Crippen LogP contribution in [0.25, 0.3) is 5.69 Å². The number of benzene rings is 2. The van der Waals surface area contributed by atoms with Gasteiger partial charge in [-0.2, -0.15) is 9.36 Å². The molecule has 0 radical (unpaired) electrons. The summed E-state index contributed by atoms with van der Waals surface area (Å²) >= 11 is 5.66. The fourth-order valence-electron chi connectivity index (χ4n) is 2.25. The van der Waals surface area contributed by atoms with Crippen LogP contribution in [0.1, 0.15) is 16.5 Å². The molecule has 0 bridgehead atoms. The van der Waals surface area contributed by atoms with Crippen LogP contribution in [0.2, 0.25) is 5.02 Å². The summed E-state index contributed by atoms with van der Waals surface area (Å²) in [4.78, 5) is 36.2. The molecule has 0 spiro atoms. The maximum absolute atomic E-state index is 14.0. The minimum absolute atomic E-state index is 0.107. The van der Waals surface area contributed by atoms with Gasteiger partial charge in [0.15, 0.2) is 5.82 Å². The monoisotopic (exact) mass is 391 g/mol. The number of carboxylic acid groups (broad SMARTS) is 1. The lowest BCUT2D eigenvalue weighted by atomic mass is 10.2. The van der Waals surface area contributed by atoms with Gasteiger partial charge in [-0.3, -0.25) is 4.79 Å². The SMILES string of the molecule is O=C(NC(C(=O)O)n1nnn(-c2ccc(Cl)cc2F)c1=O)c1ccccc1. The van der Waals surface area contributed by atoms with E-state index < -0.39 is 29.5 Å². The molecule has 1 atom stereocenters. The first-order valence-electron chi connectivity index (χ1n) is 7.47. The van der Waals surface area contributed by atoms with Crippen molar-refractivity contribution < 1.29 is 19.1 Å². The van der Waals surface area contributed by atoms with Crippen molar-refractivity contribution in [3.63, 3.8) is 0 Å². The fraction of sp³-hybridized carbons (Fsp3) is 0.0625. The van der Waals surface area contributed by atoms with Crippen molar-refractivity contribution in [2.75, 3.05) is 0 Å². The van der Waals surface area contributed by atoms with Gasteiger partial charge in [-0.05, 0) is 40.8 Å². The molecule has 1 amide bonds. The highest BCUT2D eigenvalue weighted by Crippen LogP contribution is 2.16. The summed E-state index contributed by atoms with van der Waals surface area (Å²) in [7, 11) is 0. The molecule has 11 heteroatoms. The molecule has 0 aliphatic heterocycles. The molecule has 2 N–H and O–H groups in total. The second-order valence-corrected chi connectivity index (χ2v) is 5.73. The third-order valence-electron chi connectivity index (χ3n) is 3.52. The lowest BCUT2D eigenvalue weighted by Crippen LogP contribution is -2.43. The van der Waals surface area contributed by atoms with Gasteiger partial charge < -0.3 is 10.4 Å². The zero-order valence-corrected chi connectivity index (χ0v) is 14.2. The average molecular weight is 392 g/mol. The molecule has 1 unspecified atom stereocenters. The van der Waals surface area contributed by atoms with Gasteiger partial charge in [-0.1, -0.05) is 29.8 Å². The van der Waals surface area contributed by atoms with Crippen LogP contribution in [0.4, 0.5) is 4.39 Å². The Kier molecular flexibility index (Phi) is 4.99. The average Bonchev–Trinajstić information content (AvgIpc) is 3.01. The Morgan fingerprint density at radius 1 is 1.15 bits per heavy atom. The number of amides is 1. The highest BCUT2D eigenvalue weighted by Gasteiger charge is 2.27. The Balaban J connectivity index is 1.96. The Morgan fingerprint density at radius 3 is 2.48 bits per heavy atom. The number of rotatable bonds is 5. The second kappa shape index (κ2) is 7.38. The third kappa shape index (κ3) is 3.70. The number of nitrogens with one attached hydrogen (secondary N) is 1. The van der Waals surface area contributed by atoms with Crippen LogP contribution < -0.4 is 11.0 Å². The van der Waals surface area contributed by atoms with Crippen LogP contribution in [0, 0.1) is 5.82 Å². The summed E-state index contributed by atoms with van der Waals surface area (Å²) in [6.07, 6.45) is -1.84. The quantitative estimate of drug-likeness (QED) is 0.675. The number of carbonyl (C=O) groups is 2. The van der Waals surface area contributed by atoms with Crippen LogP contribution in [-0.4, -0.2) is 36.8 Å². The van der Waals surface area contributed by atoms with Gasteiger partial charge in [-0.15, -0.1) is 0 Å². The molecule has 3 rings (SSSR count). The van der Waals surface area contributed by atoms with E-state index in [4.69, 9.17) is 11.6 Å². The molecule has 0 saturated carbocycles. The lowest BCUT2D eigenvalue weighted by molar-refractivity contribution is -0.142. The van der Waals surface area contributed by atoms with Crippen molar-refractivity contribution in [1.29, 1.82) is 0 Å². The molecule has 9 nitrogen and oxygen atoms in total. The van der Waals surface area contributed by atoms with E-state index in [0.29, 0.717) is 9.36 Å². The van der Waals surface area contributed by atoms with Crippen LogP contribution in [0.5, 0.6) is 0 Å². The molecule has 1 heterocycles. The number of nitrogens with zero attached hydrogens (tertiary/aromatic N) is 4. The summed E-state index contributed by atoms with van der Waals surface area (Å²) in [5.74, 6) is -3.14. The van der Waals surface area contributed by atoms with Gasteiger partial charge in [0.05, 0.1) is 0 Å². The van der Waals surface area contributed by atoms with E-state index >= 15 is 0 Å². The minimum atomic E-state index is -1.84. The van der Waals surface area contributed by atoms with E-state index in [1.165, 1.54) is 24.3 Å². The molecule has 0 fully saturated rings. The first-order chi connectivity index (χ1) is 12.9. The fourth-order valence-corrected chi connectivity index (χ4v) is 2.41. The van der Waals surface area contributed by atoms with Crippen LogP contribution in [-0.2, 0) is 4.79 Å². The topological polar surface area (TPSA) is 119 Å². The third-order valence-corrected chi connectivity index (χ3v) is 3.76. The Morgan fingerprint density at radius 2 is 1.85 bits per heavy atom. The normalized spacial score (nSPS) is 11.8. The van der Waals surface area contributed by atoms with E-state index in [-0.39, 0.29) is 16.3 Å². The molecule has 1 aromatic heterocycles. The molecular weight excluding hydrogens is 381 g/mol. The van der Waals surface area contributed by atoms with Crippen molar-refractivity contribution in [3.8, 4) is 5.69 Å². The molecule has 0 aliphatic rings. The minimum Gasteiger partial charge on any atom is -0.478 e. The van der Waals surface area contributed by atoms with E-state index in [2.05, 4.69) is 15.7 Å². The summed E-state index contributed by atoms with van der Waals surface area (Å²) < 4.78 is 15.0. The number of hydrogen-bond acceptors (Lipinski definition) is 5. The second-order valence-electron chi connectivity index (χ2n) is 5.29.